The van der Waals surface area contributed by atoms with Gasteiger partial charge in [-0.05, 0) is 45.6 Å². The Morgan fingerprint density at radius 3 is 2.56 bits per heavy atom. The van der Waals surface area contributed by atoms with E-state index in [9.17, 15) is 13.2 Å². The smallest absolute Gasteiger partial charge is 0.289 e. The third-order valence-corrected chi connectivity index (χ3v) is 7.03. The lowest BCUT2D eigenvalue weighted by Crippen LogP contribution is -2.34. The number of nitrogens with two attached hydrogens (primary N) is 1. The summed E-state index contributed by atoms with van der Waals surface area (Å²) in [5.41, 5.74) is 5.71. The third-order valence-electron chi connectivity index (χ3n) is 5.02. The number of sulfonamides is 1. The molecule has 2 aliphatic rings. The molecule has 9 heteroatoms. The molecule has 2 N–H and O–H groups in total. The van der Waals surface area contributed by atoms with E-state index in [1.807, 2.05) is 6.92 Å². The number of rotatable bonds is 4. The maximum atomic E-state index is 12.7. The van der Waals surface area contributed by atoms with E-state index in [1.165, 1.54) is 10.4 Å². The van der Waals surface area contributed by atoms with Gasteiger partial charge in [-0.3, -0.25) is 4.79 Å². The normalized spacial score (nSPS) is 24.5. The molecule has 0 spiro atoms. The van der Waals surface area contributed by atoms with Crippen molar-refractivity contribution in [1.82, 2.24) is 9.21 Å². The van der Waals surface area contributed by atoms with Gasteiger partial charge < -0.3 is 15.1 Å². The molecule has 0 bridgehead atoms. The van der Waals surface area contributed by atoms with Crippen LogP contribution in [0.5, 0.6) is 0 Å². The van der Waals surface area contributed by atoms with Crippen LogP contribution in [-0.4, -0.2) is 55.8 Å². The van der Waals surface area contributed by atoms with Gasteiger partial charge in [0.2, 0.25) is 10.0 Å². The molecule has 2 fully saturated rings. The molecule has 2 aliphatic heterocycles. The van der Waals surface area contributed by atoms with E-state index in [0.29, 0.717) is 26.2 Å². The number of nitrogens with zero attached hydrogens (tertiary/aromatic N) is 2. The fraction of sp³-hybridized carbons (Fsp3) is 0.688. The second kappa shape index (κ2) is 7.65. The van der Waals surface area contributed by atoms with Gasteiger partial charge in [0.1, 0.15) is 10.7 Å². The van der Waals surface area contributed by atoms with Gasteiger partial charge in [-0.2, -0.15) is 4.31 Å². The van der Waals surface area contributed by atoms with Crippen molar-refractivity contribution in [3.05, 3.63) is 17.6 Å². The van der Waals surface area contributed by atoms with E-state index < -0.39 is 10.0 Å². The van der Waals surface area contributed by atoms with E-state index in [2.05, 4.69) is 0 Å². The Bertz CT molecular complexity index is 728. The fourth-order valence-electron chi connectivity index (χ4n) is 3.63. The molecular formula is C16H26ClN3O4S. The number of amides is 1. The van der Waals surface area contributed by atoms with E-state index in [0.717, 1.165) is 19.3 Å². The highest BCUT2D eigenvalue weighted by atomic mass is 35.5. The van der Waals surface area contributed by atoms with Crippen molar-refractivity contribution in [2.45, 2.75) is 44.0 Å². The molecular weight excluding hydrogens is 366 g/mol. The quantitative estimate of drug-likeness (QED) is 0.840. The molecule has 3 heterocycles. The van der Waals surface area contributed by atoms with Crippen molar-refractivity contribution < 1.29 is 17.6 Å². The number of carbonyl (C=O) groups excluding carboxylic acids is 1. The van der Waals surface area contributed by atoms with E-state index in [-0.39, 0.29) is 46.7 Å². The zero-order valence-corrected chi connectivity index (χ0v) is 16.2. The van der Waals surface area contributed by atoms with Crippen molar-refractivity contribution >= 4 is 28.3 Å². The van der Waals surface area contributed by atoms with Crippen LogP contribution in [0.25, 0.3) is 0 Å². The van der Waals surface area contributed by atoms with Crippen LogP contribution in [0, 0.1) is 12.8 Å². The number of likely N-dealkylation sites (tertiary alicyclic amines) is 1. The average Bonchev–Trinajstić information content (AvgIpc) is 3.25. The fourth-order valence-corrected chi connectivity index (χ4v) is 5.31. The lowest BCUT2D eigenvalue weighted by Gasteiger charge is -2.20. The number of halogens is 1. The predicted octanol–water partition coefficient (Wildman–Crippen LogP) is 1.60. The molecule has 0 aliphatic carbocycles. The maximum absolute atomic E-state index is 12.7. The van der Waals surface area contributed by atoms with Crippen molar-refractivity contribution in [3.8, 4) is 0 Å². The van der Waals surface area contributed by atoms with Crippen LogP contribution in [0.15, 0.2) is 15.4 Å². The van der Waals surface area contributed by atoms with Gasteiger partial charge in [0.05, 0.1) is 0 Å². The van der Waals surface area contributed by atoms with Gasteiger partial charge in [-0.25, -0.2) is 8.42 Å². The largest absolute Gasteiger partial charge is 0.455 e. The minimum Gasteiger partial charge on any atom is -0.455 e. The Morgan fingerprint density at radius 1 is 1.36 bits per heavy atom. The van der Waals surface area contributed by atoms with Gasteiger partial charge in [-0.15, -0.1) is 12.4 Å². The monoisotopic (exact) mass is 391 g/mol. The van der Waals surface area contributed by atoms with Gasteiger partial charge in [0.25, 0.3) is 5.91 Å². The first-order valence-electron chi connectivity index (χ1n) is 8.46. The van der Waals surface area contributed by atoms with Gasteiger partial charge in [-0.1, -0.05) is 0 Å². The zero-order chi connectivity index (χ0) is 17.5. The minimum absolute atomic E-state index is 0. The molecule has 1 aromatic rings. The summed E-state index contributed by atoms with van der Waals surface area (Å²) in [6.07, 6.45) is 2.60. The Kier molecular flexibility index (Phi) is 6.19. The van der Waals surface area contributed by atoms with Crippen LogP contribution in [-0.2, 0) is 10.0 Å². The number of hydrogen-bond donors (Lipinski definition) is 1. The Morgan fingerprint density at radius 2 is 2.00 bits per heavy atom. The number of furan rings is 1. The summed E-state index contributed by atoms with van der Waals surface area (Å²) < 4.78 is 32.4. The maximum Gasteiger partial charge on any atom is 0.289 e. The van der Waals surface area contributed by atoms with Crippen LogP contribution >= 0.6 is 12.4 Å². The SMILES string of the molecule is Cc1oc(C(=O)N2CC(CN)CC2C)cc1S(=O)(=O)N1CCCC1.Cl. The second-order valence-corrected chi connectivity index (χ2v) is 8.69. The summed E-state index contributed by atoms with van der Waals surface area (Å²) >= 11 is 0. The molecule has 0 saturated carbocycles. The molecule has 2 atom stereocenters. The topological polar surface area (TPSA) is 96.8 Å². The summed E-state index contributed by atoms with van der Waals surface area (Å²) in [5.74, 6) is 0.388. The first-order valence-corrected chi connectivity index (χ1v) is 9.90. The van der Waals surface area contributed by atoms with Crippen molar-refractivity contribution in [3.63, 3.8) is 0 Å². The Hall–Kier alpha value is -1.09. The van der Waals surface area contributed by atoms with E-state index >= 15 is 0 Å². The van der Waals surface area contributed by atoms with Crippen LogP contribution in [0.4, 0.5) is 0 Å². The van der Waals surface area contributed by atoms with Crippen LogP contribution < -0.4 is 5.73 Å². The molecule has 1 aromatic heterocycles. The zero-order valence-electron chi connectivity index (χ0n) is 14.6. The molecule has 2 unspecified atom stereocenters. The van der Waals surface area contributed by atoms with Crippen LogP contribution in [0.2, 0.25) is 0 Å². The summed E-state index contributed by atoms with van der Waals surface area (Å²) in [6.45, 7) is 5.75. The van der Waals surface area contributed by atoms with Gasteiger partial charge >= 0.3 is 0 Å². The minimum atomic E-state index is -3.59. The van der Waals surface area contributed by atoms with Gasteiger partial charge in [0.15, 0.2) is 5.76 Å². The number of aryl methyl sites for hydroxylation is 1. The van der Waals surface area contributed by atoms with Crippen LogP contribution in [0.3, 0.4) is 0 Å². The average molecular weight is 392 g/mol. The van der Waals surface area contributed by atoms with Gasteiger partial charge in [0, 0.05) is 31.7 Å². The third kappa shape index (κ3) is 3.72. The van der Waals surface area contributed by atoms with E-state index in [1.54, 1.807) is 11.8 Å². The van der Waals surface area contributed by atoms with Crippen LogP contribution in [0.1, 0.15) is 42.5 Å². The number of carbonyl (C=O) groups is 1. The molecule has 3 rings (SSSR count). The van der Waals surface area contributed by atoms with E-state index in [4.69, 9.17) is 10.2 Å². The predicted molar refractivity (Wildman–Crippen MR) is 96.3 cm³/mol. The Labute approximate surface area is 155 Å². The molecule has 7 nitrogen and oxygen atoms in total. The first kappa shape index (κ1) is 20.2. The summed E-state index contributed by atoms with van der Waals surface area (Å²) in [4.78, 5) is 14.5. The summed E-state index contributed by atoms with van der Waals surface area (Å²) in [6, 6.07) is 1.46. The number of hydrogen-bond acceptors (Lipinski definition) is 5. The first-order chi connectivity index (χ1) is 11.3. The Balaban J connectivity index is 0.00000225. The molecule has 1 amide bonds. The lowest BCUT2D eigenvalue weighted by atomic mass is 10.1. The summed E-state index contributed by atoms with van der Waals surface area (Å²) in [5, 5.41) is 0. The standard InChI is InChI=1S/C16H25N3O4S.ClH/c1-11-7-13(9-17)10-19(11)16(20)14-8-15(12(2)23-14)24(21,22)18-5-3-4-6-18;/h8,11,13H,3-7,9-10,17H2,1-2H3;1H. The molecule has 142 valence electrons. The van der Waals surface area contributed by atoms with Crippen molar-refractivity contribution in [1.29, 1.82) is 0 Å². The molecule has 2 saturated heterocycles. The highest BCUT2D eigenvalue weighted by Crippen LogP contribution is 2.29. The highest BCUT2D eigenvalue weighted by Gasteiger charge is 2.36. The van der Waals surface area contributed by atoms with Crippen molar-refractivity contribution in [2.24, 2.45) is 11.7 Å². The molecule has 0 radical (unpaired) electrons. The second-order valence-electron chi connectivity index (χ2n) is 6.79. The highest BCUT2D eigenvalue weighted by molar-refractivity contribution is 7.89. The van der Waals surface area contributed by atoms with Crippen molar-refractivity contribution in [2.75, 3.05) is 26.2 Å². The molecule has 25 heavy (non-hydrogen) atoms. The molecule has 0 aromatic carbocycles. The summed E-state index contributed by atoms with van der Waals surface area (Å²) in [7, 11) is -3.59. The lowest BCUT2D eigenvalue weighted by molar-refractivity contribution is 0.0709.